The number of hydrogen-bond donors (Lipinski definition) is 2. The molecule has 0 aliphatic carbocycles. The second-order valence-corrected chi connectivity index (χ2v) is 6.93. The highest BCUT2D eigenvalue weighted by atomic mass is 35.5. The monoisotopic (exact) mass is 391 g/mol. The summed E-state index contributed by atoms with van der Waals surface area (Å²) in [6.45, 7) is 0.345. The van der Waals surface area contributed by atoms with Crippen molar-refractivity contribution in [1.29, 1.82) is 0 Å². The number of benzene rings is 2. The molecule has 0 radical (unpaired) electrons. The van der Waals surface area contributed by atoms with Gasteiger partial charge in [0.15, 0.2) is 12.4 Å². The molecule has 1 atom stereocenters. The molecule has 2 aromatic heterocycles. The number of nitrogens with one attached hydrogen (secondary N) is 2. The second-order valence-electron chi connectivity index (χ2n) is 6.53. The number of H-pyrrole nitrogens is 1. The Morgan fingerprint density at radius 1 is 1.07 bits per heavy atom. The van der Waals surface area contributed by atoms with Gasteiger partial charge in [-0.1, -0.05) is 48.0 Å². The van der Waals surface area contributed by atoms with E-state index in [-0.39, 0.29) is 11.8 Å². The van der Waals surface area contributed by atoms with E-state index in [1.54, 1.807) is 12.1 Å². The lowest BCUT2D eigenvalue weighted by molar-refractivity contribution is -0.605. The van der Waals surface area contributed by atoms with E-state index in [1.165, 1.54) is 12.4 Å². The van der Waals surface area contributed by atoms with E-state index in [0.717, 1.165) is 22.0 Å². The minimum atomic E-state index is -0.304. The zero-order chi connectivity index (χ0) is 19.5. The third kappa shape index (κ3) is 3.57. The van der Waals surface area contributed by atoms with Gasteiger partial charge in [0, 0.05) is 40.7 Å². The molecule has 28 heavy (non-hydrogen) atoms. The highest BCUT2D eigenvalue weighted by Crippen LogP contribution is 2.34. The van der Waals surface area contributed by atoms with Gasteiger partial charge < -0.3 is 15.5 Å². The maximum absolute atomic E-state index is 12.5. The van der Waals surface area contributed by atoms with E-state index < -0.39 is 0 Å². The topological polar surface area (TPSA) is 71.8 Å². The summed E-state index contributed by atoms with van der Waals surface area (Å²) >= 11 is 6.47. The van der Waals surface area contributed by atoms with E-state index in [4.69, 9.17) is 11.6 Å². The minimum Gasteiger partial charge on any atom is -0.619 e. The molecule has 2 aromatic carbocycles. The molecular formula is C22H18ClN3O2. The minimum absolute atomic E-state index is 0.142. The molecule has 0 saturated carbocycles. The molecule has 0 bridgehead atoms. The molecule has 1 amide bonds. The molecule has 6 heteroatoms. The molecule has 0 saturated heterocycles. The van der Waals surface area contributed by atoms with Crippen LogP contribution in [0.3, 0.4) is 0 Å². The van der Waals surface area contributed by atoms with E-state index >= 15 is 0 Å². The van der Waals surface area contributed by atoms with E-state index in [0.29, 0.717) is 21.9 Å². The lowest BCUT2D eigenvalue weighted by Crippen LogP contribution is -2.32. The predicted molar refractivity (Wildman–Crippen MR) is 109 cm³/mol. The predicted octanol–water partition coefficient (Wildman–Crippen LogP) is 4.02. The molecule has 0 aliphatic heterocycles. The summed E-state index contributed by atoms with van der Waals surface area (Å²) in [6, 6.07) is 18.8. The van der Waals surface area contributed by atoms with Crippen LogP contribution in [0.15, 0.2) is 79.3 Å². The first kappa shape index (κ1) is 18.1. The average molecular weight is 392 g/mol. The van der Waals surface area contributed by atoms with Crippen molar-refractivity contribution in [2.24, 2.45) is 0 Å². The van der Waals surface area contributed by atoms with Crippen LogP contribution in [-0.4, -0.2) is 17.4 Å². The van der Waals surface area contributed by atoms with Crippen LogP contribution >= 0.6 is 11.6 Å². The number of para-hydroxylation sites is 1. The highest BCUT2D eigenvalue weighted by Gasteiger charge is 2.21. The summed E-state index contributed by atoms with van der Waals surface area (Å²) in [5.41, 5.74) is 3.32. The van der Waals surface area contributed by atoms with Gasteiger partial charge >= 0.3 is 0 Å². The van der Waals surface area contributed by atoms with Crippen molar-refractivity contribution >= 4 is 28.4 Å². The van der Waals surface area contributed by atoms with Crippen molar-refractivity contribution in [2.45, 2.75) is 5.92 Å². The Hall–Kier alpha value is -3.31. The van der Waals surface area contributed by atoms with Crippen LogP contribution in [0, 0.1) is 5.21 Å². The quantitative estimate of drug-likeness (QED) is 0.398. The smallest absolute Gasteiger partial charge is 0.257 e. The number of nitrogens with zero attached hydrogens (tertiary/aromatic N) is 1. The Morgan fingerprint density at radius 2 is 1.86 bits per heavy atom. The number of amides is 1. The largest absolute Gasteiger partial charge is 0.619 e. The fourth-order valence-corrected chi connectivity index (χ4v) is 3.68. The standard InChI is InChI=1S/C22H18ClN3O2/c23-20-9-3-1-7-16(20)18(19-12-24-21-10-4-2-8-17(19)21)13-25-22(27)15-6-5-11-26(28)14-15/h1-12,14,18,24H,13H2,(H,25,27)/t18-/m1/s1. The van der Waals surface area contributed by atoms with Gasteiger partial charge in [-0.25, -0.2) is 0 Å². The number of rotatable bonds is 5. The van der Waals surface area contributed by atoms with Crippen LogP contribution in [0.2, 0.25) is 5.02 Å². The van der Waals surface area contributed by atoms with E-state index in [1.807, 2.05) is 54.7 Å². The Balaban J connectivity index is 1.68. The SMILES string of the molecule is O=C(NC[C@H](c1ccccc1Cl)c1c[nH]c2ccccc12)c1ccc[n+]([O-])c1. The summed E-state index contributed by atoms with van der Waals surface area (Å²) in [7, 11) is 0. The van der Waals surface area contributed by atoms with Crippen molar-refractivity contribution in [3.63, 3.8) is 0 Å². The molecule has 4 aromatic rings. The lowest BCUT2D eigenvalue weighted by Gasteiger charge is -2.19. The van der Waals surface area contributed by atoms with Gasteiger partial charge in [0.2, 0.25) is 0 Å². The number of pyridine rings is 1. The number of aromatic amines is 1. The van der Waals surface area contributed by atoms with Crippen LogP contribution in [0.4, 0.5) is 0 Å². The van der Waals surface area contributed by atoms with E-state index in [2.05, 4.69) is 10.3 Å². The summed E-state index contributed by atoms with van der Waals surface area (Å²) < 4.78 is 0.611. The number of carbonyl (C=O) groups excluding carboxylic acids is 1. The highest BCUT2D eigenvalue weighted by molar-refractivity contribution is 6.31. The van der Waals surface area contributed by atoms with Gasteiger partial charge in [0.25, 0.3) is 5.91 Å². The van der Waals surface area contributed by atoms with Gasteiger partial charge in [0.1, 0.15) is 5.56 Å². The maximum atomic E-state index is 12.5. The van der Waals surface area contributed by atoms with Crippen LogP contribution in [0.25, 0.3) is 10.9 Å². The van der Waals surface area contributed by atoms with Crippen molar-refractivity contribution in [2.75, 3.05) is 6.54 Å². The Bertz CT molecular complexity index is 1140. The molecule has 0 fully saturated rings. The summed E-state index contributed by atoms with van der Waals surface area (Å²) in [5, 5.41) is 16.1. The van der Waals surface area contributed by atoms with Crippen LogP contribution < -0.4 is 10.0 Å². The molecule has 0 aliphatic rings. The number of aromatic nitrogens is 2. The van der Waals surface area contributed by atoms with Gasteiger partial charge in [-0.15, -0.1) is 0 Å². The molecule has 4 rings (SSSR count). The third-order valence-electron chi connectivity index (χ3n) is 4.78. The fraction of sp³-hybridized carbons (Fsp3) is 0.0909. The Morgan fingerprint density at radius 3 is 2.68 bits per heavy atom. The third-order valence-corrected chi connectivity index (χ3v) is 5.13. The molecule has 5 nitrogen and oxygen atoms in total. The van der Waals surface area contributed by atoms with Gasteiger partial charge in [-0.05, 0) is 29.3 Å². The van der Waals surface area contributed by atoms with Gasteiger partial charge in [0.05, 0.1) is 0 Å². The second kappa shape index (κ2) is 7.74. The molecule has 140 valence electrons. The van der Waals surface area contributed by atoms with Crippen molar-refractivity contribution in [1.82, 2.24) is 10.3 Å². The van der Waals surface area contributed by atoms with Crippen molar-refractivity contribution in [3.8, 4) is 0 Å². The summed E-state index contributed by atoms with van der Waals surface area (Å²) in [6.07, 6.45) is 4.56. The summed E-state index contributed by atoms with van der Waals surface area (Å²) in [5.74, 6) is -0.445. The molecule has 0 spiro atoms. The number of hydrogen-bond acceptors (Lipinski definition) is 2. The Kier molecular flexibility index (Phi) is 5.00. The molecular weight excluding hydrogens is 374 g/mol. The first-order valence-corrected chi connectivity index (χ1v) is 9.29. The lowest BCUT2D eigenvalue weighted by atomic mass is 9.90. The van der Waals surface area contributed by atoms with Crippen molar-refractivity contribution < 1.29 is 9.52 Å². The fourth-order valence-electron chi connectivity index (χ4n) is 3.41. The number of fused-ring (bicyclic) bond motifs is 1. The molecule has 2 heterocycles. The van der Waals surface area contributed by atoms with Crippen LogP contribution in [-0.2, 0) is 0 Å². The van der Waals surface area contributed by atoms with Crippen molar-refractivity contribution in [3.05, 3.63) is 106 Å². The van der Waals surface area contributed by atoms with Gasteiger partial charge in [-0.2, -0.15) is 4.73 Å². The zero-order valence-electron chi connectivity index (χ0n) is 14.9. The number of halogens is 1. The van der Waals surface area contributed by atoms with Gasteiger partial charge in [-0.3, -0.25) is 4.79 Å². The van der Waals surface area contributed by atoms with Crippen LogP contribution in [0.1, 0.15) is 27.4 Å². The number of carbonyl (C=O) groups is 1. The first-order valence-electron chi connectivity index (χ1n) is 8.91. The van der Waals surface area contributed by atoms with E-state index in [9.17, 15) is 10.0 Å². The molecule has 2 N–H and O–H groups in total. The molecule has 0 unspecified atom stereocenters. The average Bonchev–Trinajstić information content (AvgIpc) is 3.13. The van der Waals surface area contributed by atoms with Crippen LogP contribution in [0.5, 0.6) is 0 Å². The summed E-state index contributed by atoms with van der Waals surface area (Å²) in [4.78, 5) is 15.8. The Labute approximate surface area is 167 Å². The normalized spacial score (nSPS) is 12.0. The zero-order valence-corrected chi connectivity index (χ0v) is 15.7. The first-order chi connectivity index (χ1) is 13.6. The maximum Gasteiger partial charge on any atom is 0.257 e.